The maximum Gasteiger partial charge on any atom is 0.490 e. The average molecular weight is 452 g/mol. The van der Waals surface area contributed by atoms with E-state index in [-0.39, 0.29) is 18.1 Å². The molecule has 1 saturated heterocycles. The standard InChI is InChI=1S/C18H30N2O4.C2HF3O2/c21-15-7-5-6-14(15)19-10-12-20(13-11-19)16(22)18(17(23)24)8-3-1-2-4-9-18;3-2(4,5)1(6)7/h14-15,21H,1-13H2,(H,23,24);(H,6,7). The molecule has 2 unspecified atom stereocenters. The van der Waals surface area contributed by atoms with Crippen LogP contribution in [0.25, 0.3) is 0 Å². The number of alkyl halides is 3. The molecule has 3 rings (SSSR count). The minimum absolute atomic E-state index is 0.177. The summed E-state index contributed by atoms with van der Waals surface area (Å²) in [5, 5.41) is 27.0. The zero-order valence-corrected chi connectivity index (χ0v) is 17.4. The Hall–Kier alpha value is -1.88. The van der Waals surface area contributed by atoms with E-state index in [0.29, 0.717) is 25.9 Å². The smallest absolute Gasteiger partial charge is 0.480 e. The number of hydrogen-bond acceptors (Lipinski definition) is 5. The summed E-state index contributed by atoms with van der Waals surface area (Å²) in [6.45, 7) is 2.64. The molecule has 2 aliphatic carbocycles. The normalized spacial score (nSPS) is 27.0. The Morgan fingerprint density at radius 1 is 0.839 bits per heavy atom. The van der Waals surface area contributed by atoms with Gasteiger partial charge in [-0.25, -0.2) is 4.79 Å². The molecule has 0 spiro atoms. The molecule has 11 heteroatoms. The van der Waals surface area contributed by atoms with Crippen molar-refractivity contribution in [2.24, 2.45) is 5.41 Å². The highest BCUT2D eigenvalue weighted by Gasteiger charge is 2.48. The Kier molecular flexibility index (Phi) is 8.70. The van der Waals surface area contributed by atoms with E-state index in [4.69, 9.17) is 9.90 Å². The lowest BCUT2D eigenvalue weighted by Gasteiger charge is -2.41. The Bertz CT molecular complexity index is 641. The molecule has 0 radical (unpaired) electrons. The quantitative estimate of drug-likeness (QED) is 0.443. The van der Waals surface area contributed by atoms with Crippen LogP contribution >= 0.6 is 0 Å². The lowest BCUT2D eigenvalue weighted by molar-refractivity contribution is -0.192. The number of aliphatic hydroxyl groups excluding tert-OH is 1. The number of halogens is 3. The molecule has 2 saturated carbocycles. The highest BCUT2D eigenvalue weighted by molar-refractivity contribution is 6.02. The molecule has 8 nitrogen and oxygen atoms in total. The molecule has 2 atom stereocenters. The molecule has 3 N–H and O–H groups in total. The van der Waals surface area contributed by atoms with Crippen LogP contribution in [0.2, 0.25) is 0 Å². The predicted molar refractivity (Wildman–Crippen MR) is 103 cm³/mol. The van der Waals surface area contributed by atoms with Gasteiger partial charge < -0.3 is 20.2 Å². The van der Waals surface area contributed by atoms with E-state index in [2.05, 4.69) is 4.90 Å². The van der Waals surface area contributed by atoms with Gasteiger partial charge in [0.1, 0.15) is 5.41 Å². The molecule has 0 bridgehead atoms. The fourth-order valence-electron chi connectivity index (χ4n) is 4.76. The van der Waals surface area contributed by atoms with Crippen molar-refractivity contribution in [1.29, 1.82) is 0 Å². The van der Waals surface area contributed by atoms with E-state index >= 15 is 0 Å². The van der Waals surface area contributed by atoms with Gasteiger partial charge in [0.2, 0.25) is 5.91 Å². The van der Waals surface area contributed by atoms with Crippen molar-refractivity contribution in [3.8, 4) is 0 Å². The molecule has 3 fully saturated rings. The van der Waals surface area contributed by atoms with Crippen molar-refractivity contribution in [1.82, 2.24) is 9.80 Å². The van der Waals surface area contributed by atoms with E-state index < -0.39 is 23.5 Å². The molecule has 0 aromatic carbocycles. The van der Waals surface area contributed by atoms with Crippen LogP contribution in [0.15, 0.2) is 0 Å². The van der Waals surface area contributed by atoms with Gasteiger partial charge in [0.05, 0.1) is 6.10 Å². The summed E-state index contributed by atoms with van der Waals surface area (Å²) in [7, 11) is 0. The van der Waals surface area contributed by atoms with Gasteiger partial charge in [0.15, 0.2) is 0 Å². The van der Waals surface area contributed by atoms with Crippen LogP contribution in [0.4, 0.5) is 13.2 Å². The molecule has 1 aliphatic heterocycles. The second-order valence-electron chi connectivity index (χ2n) is 8.50. The van der Waals surface area contributed by atoms with Gasteiger partial charge in [-0.2, -0.15) is 13.2 Å². The molecule has 0 aromatic heterocycles. The fraction of sp³-hybridized carbons (Fsp3) is 0.850. The van der Waals surface area contributed by atoms with Crippen LogP contribution in [-0.4, -0.2) is 87.5 Å². The van der Waals surface area contributed by atoms with Gasteiger partial charge in [-0.1, -0.05) is 25.7 Å². The number of hydrogen-bond donors (Lipinski definition) is 3. The summed E-state index contributed by atoms with van der Waals surface area (Å²) in [5.41, 5.74) is -1.20. The number of carbonyl (C=O) groups excluding carboxylic acids is 1. The second kappa shape index (κ2) is 10.6. The van der Waals surface area contributed by atoms with E-state index in [1.807, 2.05) is 0 Å². The monoisotopic (exact) mass is 452 g/mol. The van der Waals surface area contributed by atoms with Gasteiger partial charge in [0.25, 0.3) is 0 Å². The van der Waals surface area contributed by atoms with Crippen molar-refractivity contribution < 1.29 is 42.9 Å². The zero-order valence-electron chi connectivity index (χ0n) is 17.4. The topological polar surface area (TPSA) is 118 Å². The van der Waals surface area contributed by atoms with Crippen LogP contribution in [0.5, 0.6) is 0 Å². The third-order valence-corrected chi connectivity index (χ3v) is 6.53. The number of carbonyl (C=O) groups is 3. The first-order chi connectivity index (χ1) is 14.5. The maximum absolute atomic E-state index is 13.0. The lowest BCUT2D eigenvalue weighted by atomic mass is 9.78. The summed E-state index contributed by atoms with van der Waals surface area (Å²) >= 11 is 0. The summed E-state index contributed by atoms with van der Waals surface area (Å²) in [6.07, 6.45) is 2.27. The third kappa shape index (κ3) is 6.31. The predicted octanol–water partition coefficient (Wildman–Crippen LogP) is 2.10. The molecule has 178 valence electrons. The minimum atomic E-state index is -5.08. The molecular formula is C20H31F3N2O6. The summed E-state index contributed by atoms with van der Waals surface area (Å²) < 4.78 is 31.7. The van der Waals surface area contributed by atoms with Crippen molar-refractivity contribution in [2.45, 2.75) is 76.1 Å². The summed E-state index contributed by atoms with van der Waals surface area (Å²) in [4.78, 5) is 37.9. The molecular weight excluding hydrogens is 421 g/mol. The van der Waals surface area contributed by atoms with Gasteiger partial charge in [0, 0.05) is 32.2 Å². The fourth-order valence-corrected chi connectivity index (χ4v) is 4.76. The maximum atomic E-state index is 13.0. The number of carboxylic acid groups (broad SMARTS) is 2. The van der Waals surface area contributed by atoms with E-state index in [1.54, 1.807) is 4.90 Å². The van der Waals surface area contributed by atoms with Crippen LogP contribution in [-0.2, 0) is 14.4 Å². The molecule has 3 aliphatic rings. The SMILES string of the molecule is O=C(O)C(F)(F)F.O=C(O)C1(C(=O)N2CCN(C3CCCC3O)CC2)CCCCCC1. The Morgan fingerprint density at radius 2 is 1.35 bits per heavy atom. The number of amides is 1. The lowest BCUT2D eigenvalue weighted by Crippen LogP contribution is -2.57. The van der Waals surface area contributed by atoms with Crippen molar-refractivity contribution in [2.75, 3.05) is 26.2 Å². The van der Waals surface area contributed by atoms with Crippen LogP contribution in [0.1, 0.15) is 57.8 Å². The highest BCUT2D eigenvalue weighted by atomic mass is 19.4. The Labute approximate surface area is 179 Å². The van der Waals surface area contributed by atoms with Crippen molar-refractivity contribution in [3.63, 3.8) is 0 Å². The molecule has 1 heterocycles. The Morgan fingerprint density at radius 3 is 1.74 bits per heavy atom. The molecule has 31 heavy (non-hydrogen) atoms. The summed E-state index contributed by atoms with van der Waals surface area (Å²) in [5.74, 6) is -3.88. The molecule has 1 amide bonds. The number of aliphatic hydroxyl groups is 1. The van der Waals surface area contributed by atoms with E-state index in [0.717, 1.165) is 58.0 Å². The van der Waals surface area contributed by atoms with E-state index in [1.165, 1.54) is 0 Å². The third-order valence-electron chi connectivity index (χ3n) is 6.53. The van der Waals surface area contributed by atoms with Crippen LogP contribution < -0.4 is 0 Å². The number of carboxylic acids is 2. The first-order valence-electron chi connectivity index (χ1n) is 10.7. The van der Waals surface area contributed by atoms with Crippen LogP contribution in [0.3, 0.4) is 0 Å². The van der Waals surface area contributed by atoms with Gasteiger partial charge >= 0.3 is 18.1 Å². The number of nitrogens with zero attached hydrogens (tertiary/aromatic N) is 2. The number of rotatable bonds is 3. The highest BCUT2D eigenvalue weighted by Crippen LogP contribution is 2.37. The summed E-state index contributed by atoms with van der Waals surface area (Å²) in [6, 6.07) is 0.216. The van der Waals surface area contributed by atoms with Gasteiger partial charge in [-0.3, -0.25) is 14.5 Å². The second-order valence-corrected chi connectivity index (χ2v) is 8.50. The Balaban J connectivity index is 0.000000423. The average Bonchev–Trinajstić information content (AvgIpc) is 2.98. The van der Waals surface area contributed by atoms with Crippen molar-refractivity contribution >= 4 is 17.8 Å². The van der Waals surface area contributed by atoms with Gasteiger partial charge in [-0.05, 0) is 32.1 Å². The number of piperazine rings is 1. The van der Waals surface area contributed by atoms with Crippen LogP contribution in [0, 0.1) is 5.41 Å². The zero-order chi connectivity index (χ0) is 23.2. The first-order valence-corrected chi connectivity index (χ1v) is 10.7. The van der Waals surface area contributed by atoms with Crippen molar-refractivity contribution in [3.05, 3.63) is 0 Å². The largest absolute Gasteiger partial charge is 0.490 e. The van der Waals surface area contributed by atoms with E-state index in [9.17, 15) is 33.0 Å². The molecule has 0 aromatic rings. The van der Waals surface area contributed by atoms with Gasteiger partial charge in [-0.15, -0.1) is 0 Å². The number of aliphatic carboxylic acids is 2. The minimum Gasteiger partial charge on any atom is -0.480 e. The first kappa shape index (κ1) is 25.4.